The first-order chi connectivity index (χ1) is 10.7. The van der Waals surface area contributed by atoms with Crippen molar-refractivity contribution >= 4 is 5.78 Å². The maximum absolute atomic E-state index is 12.5. The van der Waals surface area contributed by atoms with Gasteiger partial charge in [-0.3, -0.25) is 4.79 Å². The van der Waals surface area contributed by atoms with Gasteiger partial charge in [-0.05, 0) is 37.5 Å². The van der Waals surface area contributed by atoms with E-state index in [1.165, 1.54) is 0 Å². The van der Waals surface area contributed by atoms with Crippen LogP contribution in [0.1, 0.15) is 37.7 Å². The van der Waals surface area contributed by atoms with Gasteiger partial charge in [-0.2, -0.15) is 5.26 Å². The molecule has 1 aromatic carbocycles. The Hall–Kier alpha value is -2.54. The Labute approximate surface area is 130 Å². The molecule has 4 heteroatoms. The number of hydrogen-bond donors (Lipinski definition) is 1. The van der Waals surface area contributed by atoms with E-state index in [0.717, 1.165) is 41.1 Å². The predicted molar refractivity (Wildman–Crippen MR) is 83.1 cm³/mol. The third-order valence-corrected chi connectivity index (χ3v) is 4.32. The number of rotatable bonds is 2. The van der Waals surface area contributed by atoms with Gasteiger partial charge in [-0.15, -0.1) is 0 Å². The quantitative estimate of drug-likeness (QED) is 0.910. The smallest absolute Gasteiger partial charge is 0.161 e. The number of Topliss-reactive ketones (excluding diaryl/α,β-unsaturated/α-hetero) is 1. The van der Waals surface area contributed by atoms with Gasteiger partial charge in [-0.1, -0.05) is 12.1 Å². The molecular weight excluding hydrogens is 276 g/mol. The zero-order valence-electron chi connectivity index (χ0n) is 12.8. The van der Waals surface area contributed by atoms with E-state index in [1.54, 1.807) is 7.11 Å². The van der Waals surface area contributed by atoms with E-state index in [0.29, 0.717) is 12.0 Å². The van der Waals surface area contributed by atoms with E-state index >= 15 is 0 Å². The van der Waals surface area contributed by atoms with Gasteiger partial charge in [0.2, 0.25) is 0 Å². The van der Waals surface area contributed by atoms with Crippen LogP contribution in [0.4, 0.5) is 0 Å². The maximum Gasteiger partial charge on any atom is 0.161 e. The summed E-state index contributed by atoms with van der Waals surface area (Å²) in [5.41, 5.74) is 4.10. The van der Waals surface area contributed by atoms with Crippen molar-refractivity contribution in [3.63, 3.8) is 0 Å². The molecule has 0 saturated carbocycles. The van der Waals surface area contributed by atoms with E-state index in [9.17, 15) is 10.1 Å². The second-order valence-corrected chi connectivity index (χ2v) is 5.65. The number of ether oxygens (including phenoxy) is 1. The van der Waals surface area contributed by atoms with Crippen LogP contribution in [0.5, 0.6) is 5.75 Å². The largest absolute Gasteiger partial charge is 0.497 e. The van der Waals surface area contributed by atoms with Gasteiger partial charge < -0.3 is 10.1 Å². The van der Waals surface area contributed by atoms with Gasteiger partial charge in [0.05, 0.1) is 24.7 Å². The van der Waals surface area contributed by atoms with E-state index in [2.05, 4.69) is 11.4 Å². The van der Waals surface area contributed by atoms with E-state index in [4.69, 9.17) is 4.74 Å². The summed E-state index contributed by atoms with van der Waals surface area (Å²) in [6.07, 6.45) is 2.28. The summed E-state index contributed by atoms with van der Waals surface area (Å²) in [5.74, 6) is 0.586. The van der Waals surface area contributed by atoms with Crippen molar-refractivity contribution < 1.29 is 9.53 Å². The second-order valence-electron chi connectivity index (χ2n) is 5.65. The highest BCUT2D eigenvalue weighted by Crippen LogP contribution is 2.42. The molecular formula is C18H18N2O2. The van der Waals surface area contributed by atoms with Crippen LogP contribution in [0.25, 0.3) is 0 Å². The first-order valence-electron chi connectivity index (χ1n) is 7.43. The minimum atomic E-state index is -0.288. The average Bonchev–Trinajstić information content (AvgIpc) is 2.54. The van der Waals surface area contributed by atoms with Gasteiger partial charge in [0.1, 0.15) is 5.75 Å². The lowest BCUT2D eigenvalue weighted by Crippen LogP contribution is -2.31. The molecule has 1 aromatic rings. The van der Waals surface area contributed by atoms with Crippen LogP contribution in [-0.2, 0) is 4.79 Å². The number of ketones is 1. The van der Waals surface area contributed by atoms with Crippen LogP contribution in [-0.4, -0.2) is 12.9 Å². The Kier molecular flexibility index (Phi) is 3.72. The molecule has 1 aliphatic heterocycles. The Balaban J connectivity index is 2.18. The molecule has 0 unspecified atom stereocenters. The van der Waals surface area contributed by atoms with Gasteiger partial charge in [0.15, 0.2) is 5.78 Å². The van der Waals surface area contributed by atoms with Gasteiger partial charge in [-0.25, -0.2) is 0 Å². The molecule has 4 nitrogen and oxygen atoms in total. The number of carbonyl (C=O) groups is 1. The van der Waals surface area contributed by atoms with Crippen LogP contribution >= 0.6 is 0 Å². The van der Waals surface area contributed by atoms with Crippen molar-refractivity contribution in [3.05, 3.63) is 52.4 Å². The summed E-state index contributed by atoms with van der Waals surface area (Å²) in [6, 6.07) is 9.91. The Morgan fingerprint density at radius 2 is 2.18 bits per heavy atom. The topological polar surface area (TPSA) is 62.1 Å². The predicted octanol–water partition coefficient (Wildman–Crippen LogP) is 3.19. The number of hydrogen-bond acceptors (Lipinski definition) is 4. The van der Waals surface area contributed by atoms with Crippen molar-refractivity contribution in [3.8, 4) is 11.8 Å². The third-order valence-electron chi connectivity index (χ3n) is 4.32. The fourth-order valence-electron chi connectivity index (χ4n) is 3.29. The number of benzene rings is 1. The number of nitrogens with one attached hydrogen (secondary N) is 1. The molecule has 0 bridgehead atoms. The lowest BCUT2D eigenvalue weighted by molar-refractivity contribution is -0.116. The van der Waals surface area contributed by atoms with Crippen LogP contribution < -0.4 is 10.1 Å². The van der Waals surface area contributed by atoms with Gasteiger partial charge in [0, 0.05) is 23.4 Å². The fourth-order valence-corrected chi connectivity index (χ4v) is 3.29. The lowest BCUT2D eigenvalue weighted by Gasteiger charge is -2.32. The highest BCUT2D eigenvalue weighted by molar-refractivity contribution is 5.99. The SMILES string of the molecule is COc1cccc([C@@H]2C(C#N)=C(C)NC3=C2C(=O)CCC3)c1. The van der Waals surface area contributed by atoms with Crippen LogP contribution in [0, 0.1) is 11.3 Å². The maximum atomic E-state index is 12.5. The Bertz CT molecular complexity index is 738. The average molecular weight is 294 g/mol. The molecule has 0 saturated heterocycles. The summed E-state index contributed by atoms with van der Waals surface area (Å²) in [4.78, 5) is 12.5. The lowest BCUT2D eigenvalue weighted by atomic mass is 9.75. The van der Waals surface area contributed by atoms with Gasteiger partial charge >= 0.3 is 0 Å². The third kappa shape index (κ3) is 2.29. The zero-order valence-corrected chi connectivity index (χ0v) is 12.8. The second kappa shape index (κ2) is 5.69. The van der Waals surface area contributed by atoms with Crippen LogP contribution in [0.3, 0.4) is 0 Å². The standard InChI is InChI=1S/C18H18N2O2/c1-11-14(10-19)17(12-5-3-6-13(9-12)22-2)18-15(20-11)7-4-8-16(18)21/h3,5-6,9,17,20H,4,7-8H2,1-2H3/t17-/m1/s1. The summed E-state index contributed by atoms with van der Waals surface area (Å²) < 4.78 is 5.29. The molecule has 0 fully saturated rings. The molecule has 2 aliphatic rings. The molecule has 0 radical (unpaired) electrons. The number of nitriles is 1. The number of methoxy groups -OCH3 is 1. The van der Waals surface area contributed by atoms with Crippen molar-refractivity contribution in [2.24, 2.45) is 0 Å². The first kappa shape index (κ1) is 14.4. The fraction of sp³-hybridized carbons (Fsp3) is 0.333. The van der Waals surface area contributed by atoms with Crippen molar-refractivity contribution in [1.29, 1.82) is 5.26 Å². The molecule has 1 heterocycles. The molecule has 112 valence electrons. The molecule has 22 heavy (non-hydrogen) atoms. The van der Waals surface area contributed by atoms with E-state index in [1.807, 2.05) is 31.2 Å². The van der Waals surface area contributed by atoms with Crippen molar-refractivity contribution in [2.75, 3.05) is 7.11 Å². The summed E-state index contributed by atoms with van der Waals surface area (Å²) in [6.45, 7) is 1.90. The summed E-state index contributed by atoms with van der Waals surface area (Å²) >= 11 is 0. The highest BCUT2D eigenvalue weighted by Gasteiger charge is 2.35. The molecule has 1 N–H and O–H groups in total. The molecule has 0 spiro atoms. The number of carbonyl (C=O) groups excluding carboxylic acids is 1. The first-order valence-corrected chi connectivity index (χ1v) is 7.43. The minimum absolute atomic E-state index is 0.141. The minimum Gasteiger partial charge on any atom is -0.497 e. The molecule has 1 aliphatic carbocycles. The monoisotopic (exact) mass is 294 g/mol. The van der Waals surface area contributed by atoms with Crippen LogP contribution in [0.15, 0.2) is 46.8 Å². The van der Waals surface area contributed by atoms with Crippen molar-refractivity contribution in [2.45, 2.75) is 32.1 Å². The normalized spacial score (nSPS) is 21.1. The van der Waals surface area contributed by atoms with E-state index in [-0.39, 0.29) is 11.7 Å². The Morgan fingerprint density at radius 1 is 1.36 bits per heavy atom. The summed E-state index contributed by atoms with van der Waals surface area (Å²) in [7, 11) is 1.62. The van der Waals surface area contributed by atoms with Gasteiger partial charge in [0.25, 0.3) is 0 Å². The number of allylic oxidation sites excluding steroid dienone is 4. The molecule has 0 aromatic heterocycles. The summed E-state index contributed by atoms with van der Waals surface area (Å²) in [5, 5.41) is 12.8. The number of dihydropyridines is 1. The van der Waals surface area contributed by atoms with Crippen molar-refractivity contribution in [1.82, 2.24) is 5.32 Å². The zero-order chi connectivity index (χ0) is 15.7. The number of nitrogens with zero attached hydrogens (tertiary/aromatic N) is 1. The highest BCUT2D eigenvalue weighted by atomic mass is 16.5. The molecule has 1 atom stereocenters. The molecule has 0 amide bonds. The Morgan fingerprint density at radius 3 is 2.91 bits per heavy atom. The van der Waals surface area contributed by atoms with E-state index < -0.39 is 0 Å². The van der Waals surface area contributed by atoms with Crippen LogP contribution in [0.2, 0.25) is 0 Å². The molecule has 3 rings (SSSR count).